The lowest BCUT2D eigenvalue weighted by Gasteiger charge is -2.18. The SMILES string of the molecule is CCN(CC)CCOc1ncccc1CNC. The number of hydrogen-bond donors (Lipinski definition) is 1. The van der Waals surface area contributed by atoms with Crippen molar-refractivity contribution in [1.29, 1.82) is 0 Å². The van der Waals surface area contributed by atoms with Crippen LogP contribution >= 0.6 is 0 Å². The Morgan fingerprint density at radius 2 is 2.12 bits per heavy atom. The highest BCUT2D eigenvalue weighted by molar-refractivity contribution is 5.25. The molecule has 1 heterocycles. The van der Waals surface area contributed by atoms with Crippen LogP contribution in [0.25, 0.3) is 0 Å². The Balaban J connectivity index is 2.45. The van der Waals surface area contributed by atoms with E-state index in [-0.39, 0.29) is 0 Å². The number of aromatic nitrogens is 1. The van der Waals surface area contributed by atoms with Crippen molar-refractivity contribution < 1.29 is 4.74 Å². The molecule has 17 heavy (non-hydrogen) atoms. The molecule has 0 aliphatic rings. The van der Waals surface area contributed by atoms with Gasteiger partial charge in [-0.1, -0.05) is 19.9 Å². The molecule has 1 rings (SSSR count). The fourth-order valence-electron chi connectivity index (χ4n) is 1.69. The summed E-state index contributed by atoms with van der Waals surface area (Å²) in [5.74, 6) is 0.744. The van der Waals surface area contributed by atoms with E-state index in [1.54, 1.807) is 6.20 Å². The molecule has 0 radical (unpaired) electrons. The van der Waals surface area contributed by atoms with E-state index in [1.807, 2.05) is 19.2 Å². The minimum absolute atomic E-state index is 0.690. The maximum absolute atomic E-state index is 5.73. The number of ether oxygens (including phenoxy) is 1. The van der Waals surface area contributed by atoms with Gasteiger partial charge in [0.15, 0.2) is 0 Å². The molecule has 1 aromatic rings. The molecule has 0 bridgehead atoms. The zero-order chi connectivity index (χ0) is 12.5. The van der Waals surface area contributed by atoms with Crippen molar-refractivity contribution in [2.45, 2.75) is 20.4 Å². The topological polar surface area (TPSA) is 37.4 Å². The van der Waals surface area contributed by atoms with Crippen molar-refractivity contribution in [3.8, 4) is 5.88 Å². The summed E-state index contributed by atoms with van der Waals surface area (Å²) in [6, 6.07) is 3.97. The zero-order valence-corrected chi connectivity index (χ0v) is 11.1. The molecule has 0 saturated heterocycles. The summed E-state index contributed by atoms with van der Waals surface area (Å²) >= 11 is 0. The summed E-state index contributed by atoms with van der Waals surface area (Å²) in [6.45, 7) is 8.87. The van der Waals surface area contributed by atoms with Crippen LogP contribution in [0.3, 0.4) is 0 Å². The first kappa shape index (κ1) is 13.9. The fraction of sp³-hybridized carbons (Fsp3) is 0.615. The fourth-order valence-corrected chi connectivity index (χ4v) is 1.69. The van der Waals surface area contributed by atoms with Crippen molar-refractivity contribution in [3.05, 3.63) is 23.9 Å². The summed E-state index contributed by atoms with van der Waals surface area (Å²) in [7, 11) is 1.92. The van der Waals surface area contributed by atoms with Crippen LogP contribution in [0.1, 0.15) is 19.4 Å². The van der Waals surface area contributed by atoms with Gasteiger partial charge in [0.1, 0.15) is 6.61 Å². The molecule has 1 N–H and O–H groups in total. The Morgan fingerprint density at radius 1 is 1.35 bits per heavy atom. The highest BCUT2D eigenvalue weighted by atomic mass is 16.5. The van der Waals surface area contributed by atoms with Crippen LogP contribution in [0.4, 0.5) is 0 Å². The normalized spacial score (nSPS) is 10.8. The van der Waals surface area contributed by atoms with Gasteiger partial charge in [0.05, 0.1) is 0 Å². The molecule has 0 aromatic carbocycles. The molecule has 96 valence electrons. The van der Waals surface area contributed by atoms with Crippen LogP contribution < -0.4 is 10.1 Å². The predicted molar refractivity (Wildman–Crippen MR) is 70.3 cm³/mol. The quantitative estimate of drug-likeness (QED) is 0.744. The number of nitrogens with one attached hydrogen (secondary N) is 1. The highest BCUT2D eigenvalue weighted by Crippen LogP contribution is 2.13. The molecule has 0 aliphatic carbocycles. The first-order valence-corrected chi connectivity index (χ1v) is 6.25. The summed E-state index contributed by atoms with van der Waals surface area (Å²) in [4.78, 5) is 6.60. The van der Waals surface area contributed by atoms with Gasteiger partial charge >= 0.3 is 0 Å². The van der Waals surface area contributed by atoms with Crippen molar-refractivity contribution in [2.24, 2.45) is 0 Å². The van der Waals surface area contributed by atoms with Gasteiger partial charge in [-0.25, -0.2) is 4.98 Å². The van der Waals surface area contributed by atoms with E-state index in [9.17, 15) is 0 Å². The Morgan fingerprint density at radius 3 is 2.76 bits per heavy atom. The van der Waals surface area contributed by atoms with Crippen molar-refractivity contribution in [2.75, 3.05) is 33.3 Å². The maximum atomic E-state index is 5.73. The average Bonchev–Trinajstić information content (AvgIpc) is 2.37. The second-order valence-electron chi connectivity index (χ2n) is 3.87. The van der Waals surface area contributed by atoms with Gasteiger partial charge in [0.2, 0.25) is 5.88 Å². The number of likely N-dealkylation sites (N-methyl/N-ethyl adjacent to an activating group) is 1. The zero-order valence-electron chi connectivity index (χ0n) is 11.1. The second-order valence-corrected chi connectivity index (χ2v) is 3.87. The number of rotatable bonds is 8. The molecule has 0 fully saturated rings. The third-order valence-corrected chi connectivity index (χ3v) is 2.76. The second kappa shape index (κ2) is 8.03. The van der Waals surface area contributed by atoms with E-state index in [4.69, 9.17) is 4.74 Å². The molecule has 0 aliphatic heterocycles. The summed E-state index contributed by atoms with van der Waals surface area (Å²) < 4.78 is 5.73. The molecule has 4 nitrogen and oxygen atoms in total. The van der Waals surface area contributed by atoms with E-state index < -0.39 is 0 Å². The number of nitrogens with zero attached hydrogens (tertiary/aromatic N) is 2. The number of hydrogen-bond acceptors (Lipinski definition) is 4. The smallest absolute Gasteiger partial charge is 0.217 e. The summed E-state index contributed by atoms with van der Waals surface area (Å²) in [5, 5.41) is 3.12. The molecule has 0 saturated carbocycles. The third-order valence-electron chi connectivity index (χ3n) is 2.76. The Hall–Kier alpha value is -1.13. The van der Waals surface area contributed by atoms with Crippen molar-refractivity contribution in [1.82, 2.24) is 15.2 Å². The molecule has 0 spiro atoms. The minimum Gasteiger partial charge on any atom is -0.476 e. The van der Waals surface area contributed by atoms with Crippen LogP contribution in [0.15, 0.2) is 18.3 Å². The van der Waals surface area contributed by atoms with E-state index in [0.717, 1.165) is 37.6 Å². The molecule has 0 amide bonds. The van der Waals surface area contributed by atoms with Crippen LogP contribution in [-0.2, 0) is 6.54 Å². The molecule has 0 atom stereocenters. The van der Waals surface area contributed by atoms with Gasteiger partial charge in [0, 0.05) is 24.8 Å². The van der Waals surface area contributed by atoms with Crippen LogP contribution in [0, 0.1) is 0 Å². The highest BCUT2D eigenvalue weighted by Gasteiger charge is 2.04. The predicted octanol–water partition coefficient (Wildman–Crippen LogP) is 1.52. The van der Waals surface area contributed by atoms with Gasteiger partial charge in [-0.05, 0) is 26.2 Å². The molecule has 1 aromatic heterocycles. The van der Waals surface area contributed by atoms with Crippen LogP contribution in [0.2, 0.25) is 0 Å². The van der Waals surface area contributed by atoms with Gasteiger partial charge in [-0.15, -0.1) is 0 Å². The largest absolute Gasteiger partial charge is 0.476 e. The Kier molecular flexibility index (Phi) is 6.58. The monoisotopic (exact) mass is 237 g/mol. The lowest BCUT2D eigenvalue weighted by Crippen LogP contribution is -2.28. The van der Waals surface area contributed by atoms with E-state index >= 15 is 0 Å². The lowest BCUT2D eigenvalue weighted by molar-refractivity contribution is 0.216. The molecular formula is C13H23N3O. The van der Waals surface area contributed by atoms with Crippen molar-refractivity contribution in [3.63, 3.8) is 0 Å². The minimum atomic E-state index is 0.690. The molecule has 4 heteroatoms. The van der Waals surface area contributed by atoms with Gasteiger partial charge in [-0.3, -0.25) is 0 Å². The third kappa shape index (κ3) is 4.71. The lowest BCUT2D eigenvalue weighted by atomic mass is 10.3. The Labute approximate surface area is 104 Å². The summed E-state index contributed by atoms with van der Waals surface area (Å²) in [6.07, 6.45) is 1.77. The maximum Gasteiger partial charge on any atom is 0.217 e. The number of pyridine rings is 1. The van der Waals surface area contributed by atoms with Gasteiger partial charge in [-0.2, -0.15) is 0 Å². The van der Waals surface area contributed by atoms with Gasteiger partial charge < -0.3 is 15.0 Å². The van der Waals surface area contributed by atoms with E-state index in [1.165, 1.54) is 0 Å². The Bertz CT molecular complexity index is 313. The average molecular weight is 237 g/mol. The van der Waals surface area contributed by atoms with E-state index in [2.05, 4.69) is 29.0 Å². The van der Waals surface area contributed by atoms with E-state index in [0.29, 0.717) is 6.61 Å². The standard InChI is InChI=1S/C13H23N3O/c1-4-16(5-2)9-10-17-13-12(11-14-3)7-6-8-15-13/h6-8,14H,4-5,9-11H2,1-3H3. The summed E-state index contributed by atoms with van der Waals surface area (Å²) in [5.41, 5.74) is 1.11. The van der Waals surface area contributed by atoms with Crippen molar-refractivity contribution >= 4 is 0 Å². The van der Waals surface area contributed by atoms with Gasteiger partial charge in [0.25, 0.3) is 0 Å². The van der Waals surface area contributed by atoms with Crippen LogP contribution in [-0.4, -0.2) is 43.2 Å². The molecular weight excluding hydrogens is 214 g/mol. The molecule has 0 unspecified atom stereocenters. The first-order valence-electron chi connectivity index (χ1n) is 6.25. The first-order chi connectivity index (χ1) is 8.31. The van der Waals surface area contributed by atoms with Crippen LogP contribution in [0.5, 0.6) is 5.88 Å².